The summed E-state index contributed by atoms with van der Waals surface area (Å²) in [4.78, 5) is 42.2. The molecule has 3 heterocycles. The molecule has 0 spiro atoms. The molecule has 0 amide bonds. The van der Waals surface area contributed by atoms with E-state index in [4.69, 9.17) is 9.68 Å². The van der Waals surface area contributed by atoms with Crippen LogP contribution >= 0.6 is 0 Å². The van der Waals surface area contributed by atoms with Crippen LogP contribution < -0.4 is 0 Å². The van der Waals surface area contributed by atoms with Crippen LogP contribution in [0.5, 0.6) is 0 Å². The van der Waals surface area contributed by atoms with Crippen molar-refractivity contribution in [1.29, 1.82) is 0 Å². The molecular formula is C32H29F6N7O4. The number of oxime groups is 2. The van der Waals surface area contributed by atoms with Gasteiger partial charge in [0.25, 0.3) is 0 Å². The van der Waals surface area contributed by atoms with E-state index in [0.29, 0.717) is 39.7 Å². The zero-order valence-corrected chi connectivity index (χ0v) is 26.3. The molecule has 17 heteroatoms. The number of unbranched alkanes of at least 4 members (excludes halogenated alkanes) is 1. The highest BCUT2D eigenvalue weighted by Crippen LogP contribution is 2.34. The minimum Gasteiger partial charge on any atom is -0.340 e. The van der Waals surface area contributed by atoms with Gasteiger partial charge in [-0.15, -0.1) is 0 Å². The SMILES string of the molecule is CCCCn1c2ccc(/C(CC(F)(F)F)=N/OC(=O)n3cnc(C)c3)cc2c2cc(/C(CC(F)(F)F)=N/OC(=O)n3cnc(C)c3)ccc21. The number of hydrogen-bond donors (Lipinski definition) is 0. The molecule has 0 saturated carbocycles. The summed E-state index contributed by atoms with van der Waals surface area (Å²) in [6, 6.07) is 8.77. The Morgan fingerprint density at radius 1 is 0.735 bits per heavy atom. The van der Waals surface area contributed by atoms with Gasteiger partial charge in [0.2, 0.25) is 0 Å². The third-order valence-corrected chi connectivity index (χ3v) is 7.32. The van der Waals surface area contributed by atoms with Gasteiger partial charge in [-0.3, -0.25) is 9.68 Å². The van der Waals surface area contributed by atoms with Gasteiger partial charge in [0.1, 0.15) is 12.7 Å². The molecule has 0 atom stereocenters. The summed E-state index contributed by atoms with van der Waals surface area (Å²) in [6.45, 7) is 5.69. The number of nitrogens with zero attached hydrogens (tertiary/aromatic N) is 7. The summed E-state index contributed by atoms with van der Waals surface area (Å²) in [5, 5.41) is 7.90. The van der Waals surface area contributed by atoms with Crippen molar-refractivity contribution >= 4 is 45.4 Å². The fraction of sp³-hybridized carbons (Fsp3) is 0.312. The number of alkyl halides is 6. The summed E-state index contributed by atoms with van der Waals surface area (Å²) in [5.74, 6) is 0. The first-order valence-electron chi connectivity index (χ1n) is 14.9. The Hall–Kier alpha value is -5.48. The van der Waals surface area contributed by atoms with E-state index in [1.54, 1.807) is 26.0 Å². The van der Waals surface area contributed by atoms with Gasteiger partial charge in [-0.1, -0.05) is 35.8 Å². The predicted octanol–water partition coefficient (Wildman–Crippen LogP) is 8.29. The van der Waals surface area contributed by atoms with Gasteiger partial charge in [-0.25, -0.2) is 28.7 Å². The van der Waals surface area contributed by atoms with E-state index in [2.05, 4.69) is 20.3 Å². The van der Waals surface area contributed by atoms with Gasteiger partial charge in [0, 0.05) is 51.9 Å². The second kappa shape index (κ2) is 13.9. The summed E-state index contributed by atoms with van der Waals surface area (Å²) >= 11 is 0. The monoisotopic (exact) mass is 689 g/mol. The number of carbonyl (C=O) groups excluding carboxylic acids is 2. The summed E-state index contributed by atoms with van der Waals surface area (Å²) in [7, 11) is 0. The van der Waals surface area contributed by atoms with Crippen molar-refractivity contribution in [1.82, 2.24) is 23.7 Å². The van der Waals surface area contributed by atoms with Crippen LogP contribution in [0.3, 0.4) is 0 Å². The highest BCUT2D eigenvalue weighted by Gasteiger charge is 2.33. The molecule has 49 heavy (non-hydrogen) atoms. The number of halogens is 6. The van der Waals surface area contributed by atoms with Crippen LogP contribution in [0.1, 0.15) is 55.1 Å². The lowest BCUT2D eigenvalue weighted by Gasteiger charge is -2.11. The second-order valence-corrected chi connectivity index (χ2v) is 11.2. The maximum atomic E-state index is 13.7. The molecule has 3 aromatic heterocycles. The number of imidazole rings is 2. The van der Waals surface area contributed by atoms with Crippen molar-refractivity contribution in [2.75, 3.05) is 0 Å². The van der Waals surface area contributed by atoms with Crippen molar-refractivity contribution in [3.8, 4) is 0 Å². The number of aryl methyl sites for hydroxylation is 3. The molecule has 5 aromatic rings. The molecule has 0 radical (unpaired) electrons. The smallest absolute Gasteiger partial charge is 0.340 e. The maximum absolute atomic E-state index is 13.7. The van der Waals surface area contributed by atoms with Crippen molar-refractivity contribution in [2.24, 2.45) is 10.3 Å². The van der Waals surface area contributed by atoms with Crippen LogP contribution in [-0.2, 0) is 16.2 Å². The Balaban J connectivity index is 1.61. The van der Waals surface area contributed by atoms with Crippen LogP contribution in [0.15, 0.2) is 71.8 Å². The Morgan fingerprint density at radius 2 is 1.16 bits per heavy atom. The molecule has 5 rings (SSSR count). The van der Waals surface area contributed by atoms with Crippen LogP contribution in [0.4, 0.5) is 35.9 Å². The normalized spacial score (nSPS) is 13.0. The van der Waals surface area contributed by atoms with Gasteiger partial charge in [-0.2, -0.15) is 26.3 Å². The third kappa shape index (κ3) is 8.52. The van der Waals surface area contributed by atoms with Crippen LogP contribution in [0.25, 0.3) is 21.8 Å². The standard InChI is InChI=1S/C32H29F6N7O4/c1-4-5-10-45-27-8-6-21(25(13-31(33,34)35)41-48-29(46)43-15-19(2)39-17-43)11-23(27)24-12-22(7-9-28(24)45)26(14-32(36,37)38)42-49-30(47)44-16-20(3)40-18-44/h6-9,11-12,15-18H,4-5,10,13-14H2,1-3H3/b41-25+,42-26+. The molecule has 11 nitrogen and oxygen atoms in total. The molecule has 2 aromatic carbocycles. The first-order chi connectivity index (χ1) is 23.1. The molecule has 0 N–H and O–H groups in total. The van der Waals surface area contributed by atoms with Gasteiger partial charge in [0.15, 0.2) is 0 Å². The molecule has 0 aliphatic rings. The molecule has 0 saturated heterocycles. The minimum atomic E-state index is -4.73. The Labute approximate surface area is 274 Å². The Bertz CT molecular complexity index is 1930. The predicted molar refractivity (Wildman–Crippen MR) is 166 cm³/mol. The highest BCUT2D eigenvalue weighted by molar-refractivity contribution is 6.14. The largest absolute Gasteiger partial charge is 0.445 e. The van der Waals surface area contributed by atoms with E-state index in [-0.39, 0.29) is 11.1 Å². The fourth-order valence-corrected chi connectivity index (χ4v) is 5.10. The molecule has 258 valence electrons. The van der Waals surface area contributed by atoms with Crippen molar-refractivity contribution in [2.45, 2.75) is 65.4 Å². The van der Waals surface area contributed by atoms with Gasteiger partial charge >= 0.3 is 24.5 Å². The van der Waals surface area contributed by atoms with Crippen LogP contribution in [0.2, 0.25) is 0 Å². The zero-order chi connectivity index (χ0) is 35.5. The quantitative estimate of drug-likeness (QED) is 0.0665. The number of benzene rings is 2. The molecule has 0 unspecified atom stereocenters. The molecule has 0 aliphatic heterocycles. The lowest BCUT2D eigenvalue weighted by atomic mass is 10.0. The highest BCUT2D eigenvalue weighted by atomic mass is 19.4. The summed E-state index contributed by atoms with van der Waals surface area (Å²) < 4.78 is 85.8. The van der Waals surface area contributed by atoms with Crippen LogP contribution in [0, 0.1) is 13.8 Å². The second-order valence-electron chi connectivity index (χ2n) is 11.2. The summed E-state index contributed by atoms with van der Waals surface area (Å²) in [6.07, 6.45) is -8.29. The fourth-order valence-electron chi connectivity index (χ4n) is 5.10. The van der Waals surface area contributed by atoms with Gasteiger partial charge < -0.3 is 4.57 Å². The molecular weight excluding hydrogens is 660 g/mol. The topological polar surface area (TPSA) is 118 Å². The van der Waals surface area contributed by atoms with E-state index in [1.807, 2.05) is 11.5 Å². The van der Waals surface area contributed by atoms with E-state index < -0.39 is 48.8 Å². The first-order valence-corrected chi connectivity index (χ1v) is 14.9. The Morgan fingerprint density at radius 3 is 1.51 bits per heavy atom. The molecule has 0 bridgehead atoms. The number of hydrogen-bond acceptors (Lipinski definition) is 8. The minimum absolute atomic E-state index is 0.0341. The average molecular weight is 690 g/mol. The number of rotatable bonds is 9. The number of aromatic nitrogens is 5. The summed E-state index contributed by atoms with van der Waals surface area (Å²) in [5.41, 5.74) is 0.848. The lowest BCUT2D eigenvalue weighted by Crippen LogP contribution is -2.18. The van der Waals surface area contributed by atoms with Gasteiger partial charge in [0.05, 0.1) is 35.7 Å². The average Bonchev–Trinajstić information content (AvgIpc) is 3.75. The van der Waals surface area contributed by atoms with Crippen molar-refractivity contribution in [3.63, 3.8) is 0 Å². The molecule has 0 fully saturated rings. The van der Waals surface area contributed by atoms with E-state index >= 15 is 0 Å². The van der Waals surface area contributed by atoms with E-state index in [1.165, 1.54) is 36.7 Å². The lowest BCUT2D eigenvalue weighted by molar-refractivity contribution is -0.122. The van der Waals surface area contributed by atoms with E-state index in [0.717, 1.165) is 34.6 Å². The first kappa shape index (κ1) is 34.8. The molecule has 0 aliphatic carbocycles. The van der Waals surface area contributed by atoms with Crippen LogP contribution in [-0.4, -0.2) is 59.6 Å². The van der Waals surface area contributed by atoms with Crippen molar-refractivity contribution in [3.05, 3.63) is 84.0 Å². The number of fused-ring (bicyclic) bond motifs is 3. The van der Waals surface area contributed by atoms with Gasteiger partial charge in [-0.05, 0) is 44.5 Å². The maximum Gasteiger partial charge on any atom is 0.445 e. The number of carbonyl (C=O) groups is 2. The Kier molecular flexibility index (Phi) is 9.91. The van der Waals surface area contributed by atoms with Crippen molar-refractivity contribution < 1.29 is 45.6 Å². The zero-order valence-electron chi connectivity index (χ0n) is 26.3. The van der Waals surface area contributed by atoms with E-state index in [9.17, 15) is 35.9 Å². The third-order valence-electron chi connectivity index (χ3n) is 7.32.